The van der Waals surface area contributed by atoms with Crippen molar-refractivity contribution in [3.05, 3.63) is 72.1 Å². The highest BCUT2D eigenvalue weighted by Crippen LogP contribution is 2.15. The molecule has 2 aromatic carbocycles. The van der Waals surface area contributed by atoms with Gasteiger partial charge < -0.3 is 20.1 Å². The van der Waals surface area contributed by atoms with Crippen LogP contribution >= 0.6 is 0 Å². The molecule has 0 aliphatic heterocycles. The summed E-state index contributed by atoms with van der Waals surface area (Å²) in [4.78, 5) is 4.65. The van der Waals surface area contributed by atoms with E-state index in [1.165, 1.54) is 0 Å². The lowest BCUT2D eigenvalue weighted by atomic mass is 10.2. The second-order valence-electron chi connectivity index (χ2n) is 6.35. The van der Waals surface area contributed by atoms with E-state index >= 15 is 0 Å². The molecule has 29 heavy (non-hydrogen) atoms. The molecule has 0 unspecified atom stereocenters. The number of ether oxygens (including phenoxy) is 2. The third kappa shape index (κ3) is 5.75. The van der Waals surface area contributed by atoms with E-state index in [1.54, 1.807) is 14.2 Å². The number of aliphatic imine (C=N–C) groups is 1. The Balaban J connectivity index is 1.61. The molecular formula is C22H27N5O2. The van der Waals surface area contributed by atoms with Crippen LogP contribution in [0.15, 0.2) is 65.8 Å². The van der Waals surface area contributed by atoms with Crippen LogP contribution in [-0.4, -0.2) is 36.5 Å². The molecule has 0 spiro atoms. The number of rotatable bonds is 8. The van der Waals surface area contributed by atoms with Gasteiger partial charge in [-0.1, -0.05) is 12.1 Å². The number of methoxy groups -OCH3 is 2. The molecule has 0 saturated carbocycles. The summed E-state index contributed by atoms with van der Waals surface area (Å²) in [5.74, 6) is 2.40. The van der Waals surface area contributed by atoms with E-state index in [-0.39, 0.29) is 0 Å². The lowest BCUT2D eigenvalue weighted by Crippen LogP contribution is -2.36. The standard InChI is InChI=1S/C22H27N5O2/c1-4-23-22(24-15-17-6-5-7-21(14-17)29-3)25-16-18-12-13-27(26-18)19-8-10-20(28-2)11-9-19/h5-14H,4,15-16H2,1-3H3,(H2,23,24,25). The van der Waals surface area contributed by atoms with Crippen LogP contribution in [-0.2, 0) is 13.1 Å². The van der Waals surface area contributed by atoms with Gasteiger partial charge in [-0.25, -0.2) is 9.67 Å². The predicted molar refractivity (Wildman–Crippen MR) is 115 cm³/mol. The first-order valence-electron chi connectivity index (χ1n) is 9.56. The zero-order valence-electron chi connectivity index (χ0n) is 17.1. The fourth-order valence-electron chi connectivity index (χ4n) is 2.79. The Morgan fingerprint density at radius 2 is 1.79 bits per heavy atom. The molecule has 3 aromatic rings. The predicted octanol–water partition coefficient (Wildman–Crippen LogP) is 3.14. The number of nitrogens with zero attached hydrogens (tertiary/aromatic N) is 3. The van der Waals surface area contributed by atoms with Gasteiger partial charge in [0.15, 0.2) is 5.96 Å². The monoisotopic (exact) mass is 393 g/mol. The third-order valence-corrected chi connectivity index (χ3v) is 4.32. The molecular weight excluding hydrogens is 366 g/mol. The van der Waals surface area contributed by atoms with Gasteiger partial charge in [-0.05, 0) is 55.0 Å². The molecule has 2 N–H and O–H groups in total. The Morgan fingerprint density at radius 1 is 1.00 bits per heavy atom. The van der Waals surface area contributed by atoms with Gasteiger partial charge in [0.25, 0.3) is 0 Å². The molecule has 0 fully saturated rings. The molecule has 152 valence electrons. The van der Waals surface area contributed by atoms with E-state index in [2.05, 4.69) is 20.7 Å². The first-order chi connectivity index (χ1) is 14.2. The van der Waals surface area contributed by atoms with Crippen molar-refractivity contribution in [2.45, 2.75) is 20.0 Å². The molecule has 0 aliphatic carbocycles. The van der Waals surface area contributed by atoms with Crippen LogP contribution in [0.4, 0.5) is 0 Å². The number of benzene rings is 2. The number of nitrogens with one attached hydrogen (secondary N) is 2. The Kier molecular flexibility index (Phi) is 7.10. The summed E-state index contributed by atoms with van der Waals surface area (Å²) in [5, 5.41) is 11.2. The zero-order valence-corrected chi connectivity index (χ0v) is 17.1. The maximum Gasteiger partial charge on any atom is 0.191 e. The van der Waals surface area contributed by atoms with Gasteiger partial charge in [-0.2, -0.15) is 5.10 Å². The second kappa shape index (κ2) is 10.2. The fraction of sp³-hybridized carbons (Fsp3) is 0.273. The molecule has 0 atom stereocenters. The molecule has 1 heterocycles. The minimum absolute atomic E-state index is 0.562. The molecule has 7 nitrogen and oxygen atoms in total. The lowest BCUT2D eigenvalue weighted by molar-refractivity contribution is 0.414. The van der Waals surface area contributed by atoms with Crippen molar-refractivity contribution in [1.29, 1.82) is 0 Å². The first-order valence-corrected chi connectivity index (χ1v) is 9.56. The molecule has 0 aliphatic rings. The molecule has 3 rings (SSSR count). The summed E-state index contributed by atoms with van der Waals surface area (Å²) >= 11 is 0. The number of hydrogen-bond acceptors (Lipinski definition) is 4. The van der Waals surface area contributed by atoms with Crippen LogP contribution < -0.4 is 20.1 Å². The van der Waals surface area contributed by atoms with Crippen molar-refractivity contribution in [3.63, 3.8) is 0 Å². The summed E-state index contributed by atoms with van der Waals surface area (Å²) in [6, 6.07) is 17.7. The summed E-state index contributed by atoms with van der Waals surface area (Å²) in [5.41, 5.74) is 2.99. The van der Waals surface area contributed by atoms with E-state index in [0.717, 1.165) is 40.9 Å². The largest absolute Gasteiger partial charge is 0.497 e. The lowest BCUT2D eigenvalue weighted by Gasteiger charge is -2.10. The van der Waals surface area contributed by atoms with E-state index < -0.39 is 0 Å². The fourth-order valence-corrected chi connectivity index (χ4v) is 2.79. The Hall–Kier alpha value is -3.48. The maximum atomic E-state index is 5.27. The van der Waals surface area contributed by atoms with E-state index in [1.807, 2.05) is 72.4 Å². The topological polar surface area (TPSA) is 72.7 Å². The smallest absolute Gasteiger partial charge is 0.191 e. The summed E-state index contributed by atoms with van der Waals surface area (Å²) in [6.07, 6.45) is 1.94. The van der Waals surface area contributed by atoms with E-state index in [9.17, 15) is 0 Å². The molecule has 0 bridgehead atoms. The van der Waals surface area contributed by atoms with Crippen molar-refractivity contribution >= 4 is 5.96 Å². The Bertz CT molecular complexity index is 934. The minimum Gasteiger partial charge on any atom is -0.497 e. The van der Waals surface area contributed by atoms with Crippen LogP contribution in [0.1, 0.15) is 18.2 Å². The van der Waals surface area contributed by atoms with Gasteiger partial charge in [0.1, 0.15) is 11.5 Å². The Labute approximate surface area is 171 Å². The molecule has 0 radical (unpaired) electrons. The van der Waals surface area contributed by atoms with Crippen LogP contribution in [0.25, 0.3) is 5.69 Å². The van der Waals surface area contributed by atoms with E-state index in [4.69, 9.17) is 9.47 Å². The SMILES string of the molecule is CCNC(=NCc1cccc(OC)c1)NCc1ccn(-c2ccc(OC)cc2)n1. The highest BCUT2D eigenvalue weighted by Gasteiger charge is 2.04. The normalized spacial score (nSPS) is 11.2. The molecule has 0 amide bonds. The van der Waals surface area contributed by atoms with E-state index in [0.29, 0.717) is 13.1 Å². The van der Waals surface area contributed by atoms with Crippen LogP contribution in [0, 0.1) is 0 Å². The average Bonchev–Trinajstić information content (AvgIpc) is 3.25. The van der Waals surface area contributed by atoms with Gasteiger partial charge in [0.05, 0.1) is 38.7 Å². The highest BCUT2D eigenvalue weighted by molar-refractivity contribution is 5.79. The molecule has 0 saturated heterocycles. The summed E-state index contributed by atoms with van der Waals surface area (Å²) in [6.45, 7) is 3.96. The summed E-state index contributed by atoms with van der Waals surface area (Å²) < 4.78 is 12.3. The number of guanidine groups is 1. The Morgan fingerprint density at radius 3 is 2.52 bits per heavy atom. The van der Waals surface area contributed by atoms with Gasteiger partial charge in [0, 0.05) is 12.7 Å². The van der Waals surface area contributed by atoms with Crippen molar-refractivity contribution in [3.8, 4) is 17.2 Å². The van der Waals surface area contributed by atoms with Gasteiger partial charge in [-0.15, -0.1) is 0 Å². The minimum atomic E-state index is 0.562. The zero-order chi connectivity index (χ0) is 20.5. The first kappa shape index (κ1) is 20.3. The average molecular weight is 393 g/mol. The van der Waals surface area contributed by atoms with Crippen molar-refractivity contribution in [1.82, 2.24) is 20.4 Å². The second-order valence-corrected chi connectivity index (χ2v) is 6.35. The van der Waals surface area contributed by atoms with Gasteiger partial charge in [-0.3, -0.25) is 0 Å². The number of aromatic nitrogens is 2. The van der Waals surface area contributed by atoms with Gasteiger partial charge in [0.2, 0.25) is 0 Å². The van der Waals surface area contributed by atoms with Crippen LogP contribution in [0.3, 0.4) is 0 Å². The third-order valence-electron chi connectivity index (χ3n) is 4.32. The highest BCUT2D eigenvalue weighted by atomic mass is 16.5. The van der Waals surface area contributed by atoms with Crippen molar-refractivity contribution in [2.75, 3.05) is 20.8 Å². The maximum absolute atomic E-state index is 5.27. The van der Waals surface area contributed by atoms with Crippen LogP contribution in [0.2, 0.25) is 0 Å². The van der Waals surface area contributed by atoms with Crippen LogP contribution in [0.5, 0.6) is 11.5 Å². The van der Waals surface area contributed by atoms with Crippen molar-refractivity contribution in [2.24, 2.45) is 4.99 Å². The quantitative estimate of drug-likeness (QED) is 0.454. The molecule has 7 heteroatoms. The number of hydrogen-bond donors (Lipinski definition) is 2. The van der Waals surface area contributed by atoms with Crippen molar-refractivity contribution < 1.29 is 9.47 Å². The van der Waals surface area contributed by atoms with Gasteiger partial charge >= 0.3 is 0 Å². The summed E-state index contributed by atoms with van der Waals surface area (Å²) in [7, 11) is 3.32. The molecule has 1 aromatic heterocycles.